The van der Waals surface area contributed by atoms with Crippen LogP contribution in [0.15, 0.2) is 273 Å². The van der Waals surface area contributed by atoms with Crippen molar-refractivity contribution in [1.29, 1.82) is 5.26 Å². The maximum absolute atomic E-state index is 9.79. The summed E-state index contributed by atoms with van der Waals surface area (Å²) in [6, 6.07) is 96.5. The van der Waals surface area contributed by atoms with Gasteiger partial charge in [0.2, 0.25) is 0 Å². The highest BCUT2D eigenvalue weighted by molar-refractivity contribution is 6.31. The van der Waals surface area contributed by atoms with Crippen LogP contribution in [0, 0.1) is 17.9 Å². The van der Waals surface area contributed by atoms with Crippen LogP contribution in [-0.2, 0) is 0 Å². The molecule has 0 heterocycles. The molecule has 0 bridgehead atoms. The van der Waals surface area contributed by atoms with Crippen molar-refractivity contribution in [2.24, 2.45) is 0 Å². The van der Waals surface area contributed by atoms with Crippen molar-refractivity contribution in [1.82, 2.24) is 0 Å². The van der Waals surface area contributed by atoms with Crippen molar-refractivity contribution in [2.45, 2.75) is 0 Å². The van der Waals surface area contributed by atoms with Gasteiger partial charge in [0, 0.05) is 50.0 Å². The van der Waals surface area contributed by atoms with E-state index in [0.717, 1.165) is 101 Å². The third-order valence-electron chi connectivity index (χ3n) is 13.1. The minimum atomic E-state index is 0.553. The summed E-state index contributed by atoms with van der Waals surface area (Å²) in [7, 11) is 0. The van der Waals surface area contributed by atoms with Crippen LogP contribution >= 0.6 is 11.6 Å². The molecule has 0 unspecified atom stereocenters. The smallest absolute Gasteiger partial charge is 0.187 e. The maximum Gasteiger partial charge on any atom is 0.187 e. The molecule has 11 aromatic rings. The van der Waals surface area contributed by atoms with Gasteiger partial charge >= 0.3 is 0 Å². The zero-order valence-corrected chi connectivity index (χ0v) is 40.4. The molecular weight excluding hydrogens is 908 g/mol. The molecular formula is C68H45ClN4. The second-order valence-corrected chi connectivity index (χ2v) is 18.1. The molecule has 0 aliphatic carbocycles. The Morgan fingerprint density at radius 3 is 1.07 bits per heavy atom. The fourth-order valence-electron chi connectivity index (χ4n) is 9.73. The first kappa shape index (κ1) is 45.7. The number of para-hydroxylation sites is 2. The molecule has 0 N–H and O–H groups in total. The number of anilines is 6. The predicted molar refractivity (Wildman–Crippen MR) is 304 cm³/mol. The van der Waals surface area contributed by atoms with Gasteiger partial charge in [0.1, 0.15) is 0 Å². The summed E-state index contributed by atoms with van der Waals surface area (Å²) in [5, 5.41) is 10.3. The van der Waals surface area contributed by atoms with Gasteiger partial charge in [-0.3, -0.25) is 0 Å². The quantitative estimate of drug-likeness (QED) is 0.114. The molecule has 11 rings (SSSR count). The molecule has 0 saturated carbocycles. The fraction of sp³-hybridized carbons (Fsp3) is 0. The lowest BCUT2D eigenvalue weighted by Gasteiger charge is -2.34. The van der Waals surface area contributed by atoms with E-state index in [4.69, 9.17) is 18.2 Å². The van der Waals surface area contributed by atoms with Crippen LogP contribution in [-0.4, -0.2) is 0 Å². The first-order valence-electron chi connectivity index (χ1n) is 24.1. The summed E-state index contributed by atoms with van der Waals surface area (Å²) in [5.41, 5.74) is 19.1. The van der Waals surface area contributed by atoms with Crippen LogP contribution in [0.4, 0.5) is 39.8 Å². The Balaban J connectivity index is 1.19. The van der Waals surface area contributed by atoms with E-state index < -0.39 is 0 Å². The highest BCUT2D eigenvalue weighted by Crippen LogP contribution is 2.51. The zero-order valence-electron chi connectivity index (χ0n) is 39.6. The van der Waals surface area contributed by atoms with E-state index in [1.807, 2.05) is 60.7 Å². The molecule has 0 aromatic heterocycles. The Morgan fingerprint density at radius 2 is 0.685 bits per heavy atom. The van der Waals surface area contributed by atoms with Gasteiger partial charge in [-0.2, -0.15) is 5.26 Å². The molecule has 11 aromatic carbocycles. The van der Waals surface area contributed by atoms with Gasteiger partial charge in [0.25, 0.3) is 0 Å². The van der Waals surface area contributed by atoms with Crippen molar-refractivity contribution in [3.8, 4) is 72.8 Å². The Hall–Kier alpha value is -9.71. The summed E-state index contributed by atoms with van der Waals surface area (Å²) in [5.74, 6) is 0. The Kier molecular flexibility index (Phi) is 13.0. The molecule has 344 valence electrons. The monoisotopic (exact) mass is 952 g/mol. The normalized spacial score (nSPS) is 10.8. The number of nitriles is 1. The SMILES string of the molecule is [C-]#[N+]c1cccc(-c2ccc(N(c3cc(Cl)cc(N(c4ccc(-c5cccc(C#N)c5)cc4)c4c(-c5ccccc5)cccc4-c4ccccc4)c3)c3c(-c4ccccc4)cccc3-c3ccccc3)cc2)c1. The molecule has 0 atom stereocenters. The summed E-state index contributed by atoms with van der Waals surface area (Å²) in [6.07, 6.45) is 0. The minimum Gasteiger partial charge on any atom is -0.309 e. The van der Waals surface area contributed by atoms with E-state index in [2.05, 4.69) is 233 Å². The van der Waals surface area contributed by atoms with Crippen molar-refractivity contribution >= 4 is 51.4 Å². The van der Waals surface area contributed by atoms with Crippen molar-refractivity contribution in [3.05, 3.63) is 295 Å². The zero-order chi connectivity index (χ0) is 49.5. The molecule has 0 aliphatic heterocycles. The summed E-state index contributed by atoms with van der Waals surface area (Å²) in [4.78, 5) is 8.39. The lowest BCUT2D eigenvalue weighted by atomic mass is 9.93. The molecule has 73 heavy (non-hydrogen) atoms. The van der Waals surface area contributed by atoms with E-state index in [0.29, 0.717) is 16.3 Å². The Morgan fingerprint density at radius 1 is 0.329 bits per heavy atom. The van der Waals surface area contributed by atoms with Gasteiger partial charge in [-0.15, -0.1) is 0 Å². The predicted octanol–water partition coefficient (Wildman–Crippen LogP) is 19.7. The number of benzene rings is 11. The number of rotatable bonds is 12. The largest absolute Gasteiger partial charge is 0.309 e. The molecule has 0 amide bonds. The van der Waals surface area contributed by atoms with E-state index in [1.165, 1.54) is 0 Å². The van der Waals surface area contributed by atoms with Crippen LogP contribution in [0.5, 0.6) is 0 Å². The van der Waals surface area contributed by atoms with Crippen molar-refractivity contribution in [2.75, 3.05) is 9.80 Å². The Labute approximate surface area is 432 Å². The second-order valence-electron chi connectivity index (χ2n) is 17.7. The molecule has 0 fully saturated rings. The van der Waals surface area contributed by atoms with Crippen LogP contribution in [0.3, 0.4) is 0 Å². The van der Waals surface area contributed by atoms with Gasteiger partial charge in [0.05, 0.1) is 29.6 Å². The van der Waals surface area contributed by atoms with E-state index in [1.54, 1.807) is 0 Å². The standard InChI is InChI=1S/C68H45ClN4/c1-71-58-29-15-28-56(43-58)50-36-40-60(41-37-50)73(68-65(53-23-10-4-11-24-53)32-17-33-66(68)54-25-12-5-13-26-54)62-45-57(69)44-61(46-62)72(59-38-34-49(35-39-59)55-27-14-18-48(42-55)47-70)67-63(51-19-6-2-7-20-51)30-16-31-64(67)52-21-8-3-9-22-52/h2-46H. The topological polar surface area (TPSA) is 34.6 Å². The molecule has 4 nitrogen and oxygen atoms in total. The van der Waals surface area contributed by atoms with Gasteiger partial charge in [-0.25, -0.2) is 4.85 Å². The fourth-order valence-corrected chi connectivity index (χ4v) is 9.96. The first-order valence-corrected chi connectivity index (χ1v) is 24.5. The van der Waals surface area contributed by atoms with Crippen LogP contribution in [0.1, 0.15) is 5.56 Å². The first-order chi connectivity index (χ1) is 36.0. The van der Waals surface area contributed by atoms with Gasteiger partial charge < -0.3 is 9.80 Å². The number of hydrogen-bond acceptors (Lipinski definition) is 3. The summed E-state index contributed by atoms with van der Waals surface area (Å²) >= 11 is 7.58. The number of hydrogen-bond donors (Lipinski definition) is 0. The highest BCUT2D eigenvalue weighted by Gasteiger charge is 2.27. The van der Waals surface area contributed by atoms with Gasteiger partial charge in [-0.1, -0.05) is 224 Å². The van der Waals surface area contributed by atoms with Crippen molar-refractivity contribution < 1.29 is 0 Å². The molecule has 0 radical (unpaired) electrons. The maximum atomic E-state index is 9.79. The lowest BCUT2D eigenvalue weighted by molar-refractivity contribution is 1.25. The number of halogens is 1. The average molecular weight is 954 g/mol. The van der Waals surface area contributed by atoms with Crippen LogP contribution in [0.25, 0.3) is 71.6 Å². The van der Waals surface area contributed by atoms with E-state index in [9.17, 15) is 5.26 Å². The summed E-state index contributed by atoms with van der Waals surface area (Å²) in [6.45, 7) is 7.70. The lowest BCUT2D eigenvalue weighted by Crippen LogP contribution is -2.16. The molecule has 0 saturated heterocycles. The minimum absolute atomic E-state index is 0.553. The van der Waals surface area contributed by atoms with Gasteiger partial charge in [0.15, 0.2) is 5.69 Å². The third-order valence-corrected chi connectivity index (χ3v) is 13.3. The third kappa shape index (κ3) is 9.51. The molecule has 0 aliphatic rings. The Bertz CT molecular complexity index is 3440. The highest BCUT2D eigenvalue weighted by atomic mass is 35.5. The second kappa shape index (κ2) is 20.7. The van der Waals surface area contributed by atoms with E-state index >= 15 is 0 Å². The van der Waals surface area contributed by atoms with Gasteiger partial charge in [-0.05, 0) is 105 Å². The molecule has 0 spiro atoms. The van der Waals surface area contributed by atoms with Crippen LogP contribution < -0.4 is 9.80 Å². The summed E-state index contributed by atoms with van der Waals surface area (Å²) < 4.78 is 0. The van der Waals surface area contributed by atoms with Crippen LogP contribution in [0.2, 0.25) is 5.02 Å². The van der Waals surface area contributed by atoms with Crippen molar-refractivity contribution in [3.63, 3.8) is 0 Å². The number of nitrogens with zero attached hydrogens (tertiary/aromatic N) is 4. The van der Waals surface area contributed by atoms with E-state index in [-0.39, 0.29) is 0 Å². The molecule has 5 heteroatoms. The average Bonchev–Trinajstić information content (AvgIpc) is 3.46.